The molecule has 0 saturated heterocycles. The highest BCUT2D eigenvalue weighted by Gasteiger charge is 2.18. The third-order valence-corrected chi connectivity index (χ3v) is 3.83. The first kappa shape index (κ1) is 16.4. The van der Waals surface area contributed by atoms with Crippen LogP contribution in [0.2, 0.25) is 0 Å². The van der Waals surface area contributed by atoms with Crippen LogP contribution >= 0.6 is 11.3 Å². The van der Waals surface area contributed by atoms with E-state index in [-0.39, 0.29) is 5.41 Å². The molecule has 110 valence electrons. The Hall–Kier alpha value is -0.650. The standard InChI is InChI=1S/C14H27N3OS/c1-7-15-8-12-11(9-18-6)16-13(19-12)17(5)10-14(2,3)4/h15H,7-10H2,1-6H3. The Morgan fingerprint density at radius 2 is 2.05 bits per heavy atom. The number of methoxy groups -OCH3 is 1. The van der Waals surface area contributed by atoms with Crippen molar-refractivity contribution in [2.24, 2.45) is 5.41 Å². The summed E-state index contributed by atoms with van der Waals surface area (Å²) >= 11 is 1.76. The first-order valence-corrected chi connectivity index (χ1v) is 7.58. The second-order valence-electron chi connectivity index (χ2n) is 6.00. The second-order valence-corrected chi connectivity index (χ2v) is 7.06. The van der Waals surface area contributed by atoms with Crippen LogP contribution in [-0.4, -0.2) is 32.2 Å². The molecule has 1 rings (SSSR count). The molecule has 5 heteroatoms. The molecule has 1 N–H and O–H groups in total. The van der Waals surface area contributed by atoms with Crippen LogP contribution in [0.5, 0.6) is 0 Å². The van der Waals surface area contributed by atoms with Crippen molar-refractivity contribution in [3.8, 4) is 0 Å². The van der Waals surface area contributed by atoms with Crippen LogP contribution in [0, 0.1) is 5.41 Å². The predicted octanol–water partition coefficient (Wildman–Crippen LogP) is 2.88. The van der Waals surface area contributed by atoms with E-state index in [4.69, 9.17) is 9.72 Å². The maximum Gasteiger partial charge on any atom is 0.185 e. The van der Waals surface area contributed by atoms with E-state index < -0.39 is 0 Å². The zero-order valence-corrected chi connectivity index (χ0v) is 13.9. The molecule has 0 aliphatic carbocycles. The molecule has 0 amide bonds. The lowest BCUT2D eigenvalue weighted by Crippen LogP contribution is -2.28. The van der Waals surface area contributed by atoms with Crippen LogP contribution in [0.3, 0.4) is 0 Å². The zero-order chi connectivity index (χ0) is 14.5. The van der Waals surface area contributed by atoms with Gasteiger partial charge in [-0.1, -0.05) is 27.7 Å². The number of hydrogen-bond acceptors (Lipinski definition) is 5. The average molecular weight is 285 g/mol. The van der Waals surface area contributed by atoms with E-state index in [2.05, 4.69) is 45.0 Å². The van der Waals surface area contributed by atoms with Crippen LogP contribution < -0.4 is 10.2 Å². The Balaban J connectivity index is 2.83. The molecule has 1 heterocycles. The number of thiazole rings is 1. The molecule has 4 nitrogen and oxygen atoms in total. The van der Waals surface area contributed by atoms with Crippen molar-refractivity contribution in [3.63, 3.8) is 0 Å². The van der Waals surface area contributed by atoms with Crippen molar-refractivity contribution in [3.05, 3.63) is 10.6 Å². The molecule has 0 aliphatic heterocycles. The number of nitrogens with zero attached hydrogens (tertiary/aromatic N) is 2. The summed E-state index contributed by atoms with van der Waals surface area (Å²) in [4.78, 5) is 8.23. The molecule has 0 bridgehead atoms. The molecule has 0 spiro atoms. The van der Waals surface area contributed by atoms with Gasteiger partial charge in [-0.05, 0) is 12.0 Å². The first-order chi connectivity index (χ1) is 8.87. The minimum atomic E-state index is 0.268. The Labute approximate surface area is 121 Å². The molecule has 0 saturated carbocycles. The molecule has 1 aromatic heterocycles. The van der Waals surface area contributed by atoms with Gasteiger partial charge in [-0.3, -0.25) is 0 Å². The molecular formula is C14H27N3OS. The van der Waals surface area contributed by atoms with Crippen LogP contribution in [0.1, 0.15) is 38.3 Å². The summed E-state index contributed by atoms with van der Waals surface area (Å²) in [5, 5.41) is 4.44. The maximum absolute atomic E-state index is 5.24. The van der Waals surface area contributed by atoms with Crippen molar-refractivity contribution in [1.29, 1.82) is 0 Å². The number of rotatable bonds is 7. The molecule has 1 aromatic rings. The van der Waals surface area contributed by atoms with Crippen molar-refractivity contribution in [1.82, 2.24) is 10.3 Å². The van der Waals surface area contributed by atoms with E-state index in [1.54, 1.807) is 18.4 Å². The minimum absolute atomic E-state index is 0.268. The van der Waals surface area contributed by atoms with Gasteiger partial charge >= 0.3 is 0 Å². The summed E-state index contributed by atoms with van der Waals surface area (Å²) in [6, 6.07) is 0. The van der Waals surface area contributed by atoms with Gasteiger partial charge in [-0.2, -0.15) is 0 Å². The Kier molecular flexibility index (Phi) is 6.23. The van der Waals surface area contributed by atoms with Gasteiger partial charge in [0.25, 0.3) is 0 Å². The topological polar surface area (TPSA) is 37.4 Å². The molecule has 0 aromatic carbocycles. The fraction of sp³-hybridized carbons (Fsp3) is 0.786. The fourth-order valence-electron chi connectivity index (χ4n) is 1.94. The van der Waals surface area contributed by atoms with E-state index in [9.17, 15) is 0 Å². The van der Waals surface area contributed by atoms with Crippen LogP contribution in [-0.2, 0) is 17.9 Å². The summed E-state index contributed by atoms with van der Waals surface area (Å²) in [6.45, 7) is 12.3. The summed E-state index contributed by atoms with van der Waals surface area (Å²) < 4.78 is 5.24. The summed E-state index contributed by atoms with van der Waals surface area (Å²) in [6.07, 6.45) is 0. The van der Waals surface area contributed by atoms with Crippen LogP contribution in [0.4, 0.5) is 5.13 Å². The monoisotopic (exact) mass is 285 g/mol. The molecule has 0 unspecified atom stereocenters. The van der Waals surface area contributed by atoms with Gasteiger partial charge in [0.1, 0.15) is 0 Å². The van der Waals surface area contributed by atoms with Gasteiger partial charge < -0.3 is 15.0 Å². The second kappa shape index (κ2) is 7.22. The quantitative estimate of drug-likeness (QED) is 0.836. The average Bonchev–Trinajstić information content (AvgIpc) is 2.68. The number of aromatic nitrogens is 1. The van der Waals surface area contributed by atoms with Crippen molar-refractivity contribution in [2.45, 2.75) is 40.8 Å². The van der Waals surface area contributed by atoms with E-state index in [0.717, 1.165) is 30.5 Å². The third kappa shape index (κ3) is 5.47. The zero-order valence-electron chi connectivity index (χ0n) is 13.0. The molecular weight excluding hydrogens is 258 g/mol. The molecule has 0 aliphatic rings. The lowest BCUT2D eigenvalue weighted by molar-refractivity contribution is 0.181. The Bertz CT molecular complexity index is 385. The first-order valence-electron chi connectivity index (χ1n) is 6.76. The fourth-order valence-corrected chi connectivity index (χ4v) is 2.93. The Morgan fingerprint density at radius 3 is 2.58 bits per heavy atom. The van der Waals surface area contributed by atoms with Gasteiger partial charge in [0.05, 0.1) is 12.3 Å². The summed E-state index contributed by atoms with van der Waals surface area (Å²) in [5.41, 5.74) is 1.33. The van der Waals surface area contributed by atoms with Gasteiger partial charge in [0.15, 0.2) is 5.13 Å². The molecule has 0 fully saturated rings. The van der Waals surface area contributed by atoms with Crippen molar-refractivity contribution in [2.75, 3.05) is 32.1 Å². The maximum atomic E-state index is 5.24. The van der Waals surface area contributed by atoms with Gasteiger partial charge in [0, 0.05) is 32.1 Å². The van der Waals surface area contributed by atoms with E-state index in [0.29, 0.717) is 6.61 Å². The van der Waals surface area contributed by atoms with Crippen LogP contribution in [0.25, 0.3) is 0 Å². The highest BCUT2D eigenvalue weighted by molar-refractivity contribution is 7.15. The van der Waals surface area contributed by atoms with E-state index >= 15 is 0 Å². The molecule has 0 radical (unpaired) electrons. The lowest BCUT2D eigenvalue weighted by atomic mass is 9.96. The molecule has 19 heavy (non-hydrogen) atoms. The largest absolute Gasteiger partial charge is 0.378 e. The highest BCUT2D eigenvalue weighted by atomic mass is 32.1. The lowest BCUT2D eigenvalue weighted by Gasteiger charge is -2.26. The van der Waals surface area contributed by atoms with Gasteiger partial charge in [-0.15, -0.1) is 11.3 Å². The van der Waals surface area contributed by atoms with E-state index in [1.165, 1.54) is 4.88 Å². The van der Waals surface area contributed by atoms with Crippen molar-refractivity contribution >= 4 is 16.5 Å². The predicted molar refractivity (Wildman–Crippen MR) is 82.9 cm³/mol. The number of hydrogen-bond donors (Lipinski definition) is 1. The normalized spacial score (nSPS) is 11.9. The Morgan fingerprint density at radius 1 is 1.37 bits per heavy atom. The van der Waals surface area contributed by atoms with Crippen molar-refractivity contribution < 1.29 is 4.74 Å². The third-order valence-electron chi connectivity index (χ3n) is 2.62. The number of anilines is 1. The summed E-state index contributed by atoms with van der Waals surface area (Å²) in [5.74, 6) is 0. The highest BCUT2D eigenvalue weighted by Crippen LogP contribution is 2.28. The molecule has 0 atom stereocenters. The smallest absolute Gasteiger partial charge is 0.185 e. The van der Waals surface area contributed by atoms with Crippen LogP contribution in [0.15, 0.2) is 0 Å². The number of ether oxygens (including phenoxy) is 1. The van der Waals surface area contributed by atoms with Gasteiger partial charge in [-0.25, -0.2) is 4.98 Å². The minimum Gasteiger partial charge on any atom is -0.378 e. The summed E-state index contributed by atoms with van der Waals surface area (Å²) in [7, 11) is 3.83. The number of nitrogens with one attached hydrogen (secondary N) is 1. The van der Waals surface area contributed by atoms with Gasteiger partial charge in [0.2, 0.25) is 0 Å². The van der Waals surface area contributed by atoms with E-state index in [1.807, 2.05) is 0 Å². The SMILES string of the molecule is CCNCc1sc(N(C)CC(C)(C)C)nc1COC.